The fourth-order valence-electron chi connectivity index (χ4n) is 1.90. The molecule has 0 aliphatic rings. The van der Waals surface area contributed by atoms with Crippen molar-refractivity contribution in [2.24, 2.45) is 0 Å². The zero-order chi connectivity index (χ0) is 13.4. The lowest BCUT2D eigenvalue weighted by Gasteiger charge is -2.05. The summed E-state index contributed by atoms with van der Waals surface area (Å²) < 4.78 is 23.8. The molecule has 4 heteroatoms. The lowest BCUT2D eigenvalue weighted by Crippen LogP contribution is -2.09. The van der Waals surface area contributed by atoms with Crippen LogP contribution in [0.4, 0.5) is 0 Å². The third kappa shape index (κ3) is 6.41. The average molecular weight is 289 g/mol. The Morgan fingerprint density at radius 2 is 1.83 bits per heavy atom. The number of alkyl halides is 1. The molecule has 18 heavy (non-hydrogen) atoms. The number of aryl methyl sites for hydroxylation is 1. The highest BCUT2D eigenvalue weighted by Crippen LogP contribution is 2.11. The van der Waals surface area contributed by atoms with Gasteiger partial charge in [-0.05, 0) is 25.3 Å². The Morgan fingerprint density at radius 1 is 1.11 bits per heavy atom. The van der Waals surface area contributed by atoms with Gasteiger partial charge in [-0.2, -0.15) is 0 Å². The quantitative estimate of drug-likeness (QED) is 0.540. The Balaban J connectivity index is 2.40. The molecule has 0 heterocycles. The van der Waals surface area contributed by atoms with Crippen molar-refractivity contribution in [3.63, 3.8) is 0 Å². The molecular formula is C14H21ClO2S. The third-order valence-corrected chi connectivity index (χ3v) is 4.76. The molecular weight excluding hydrogens is 268 g/mol. The SMILES string of the molecule is Cc1cccc(CS(=O)(=O)CCCCCCCl)c1. The zero-order valence-corrected chi connectivity index (χ0v) is 12.4. The molecule has 0 spiro atoms. The Bertz CT molecular complexity index is 455. The van der Waals surface area contributed by atoms with Crippen LogP contribution in [0, 0.1) is 6.92 Å². The van der Waals surface area contributed by atoms with Gasteiger partial charge in [-0.25, -0.2) is 8.42 Å². The first kappa shape index (κ1) is 15.5. The molecule has 0 bridgehead atoms. The second kappa shape index (κ2) is 7.80. The number of unbranched alkanes of at least 4 members (excludes halogenated alkanes) is 3. The van der Waals surface area contributed by atoms with Crippen LogP contribution in [0.1, 0.15) is 36.8 Å². The fraction of sp³-hybridized carbons (Fsp3) is 0.571. The first-order chi connectivity index (χ1) is 8.53. The lowest BCUT2D eigenvalue weighted by molar-refractivity contribution is 0.588. The largest absolute Gasteiger partial charge is 0.228 e. The number of hydrogen-bond acceptors (Lipinski definition) is 2. The molecule has 1 aromatic rings. The molecule has 0 N–H and O–H groups in total. The second-order valence-corrected chi connectivity index (χ2v) is 7.25. The molecule has 1 aromatic carbocycles. The van der Waals surface area contributed by atoms with Crippen molar-refractivity contribution in [3.05, 3.63) is 35.4 Å². The van der Waals surface area contributed by atoms with Crippen molar-refractivity contribution in [2.75, 3.05) is 11.6 Å². The van der Waals surface area contributed by atoms with E-state index in [2.05, 4.69) is 0 Å². The molecule has 0 radical (unpaired) electrons. The van der Waals surface area contributed by atoms with E-state index in [4.69, 9.17) is 11.6 Å². The first-order valence-corrected chi connectivity index (χ1v) is 8.71. The van der Waals surface area contributed by atoms with Crippen LogP contribution >= 0.6 is 11.6 Å². The van der Waals surface area contributed by atoms with Crippen LogP contribution in [-0.4, -0.2) is 20.1 Å². The van der Waals surface area contributed by atoms with Crippen molar-refractivity contribution in [1.29, 1.82) is 0 Å². The van der Waals surface area contributed by atoms with Gasteiger partial charge in [0.2, 0.25) is 0 Å². The molecule has 0 saturated heterocycles. The molecule has 0 saturated carbocycles. The van der Waals surface area contributed by atoms with Gasteiger partial charge in [0.05, 0.1) is 11.5 Å². The minimum atomic E-state index is -2.97. The minimum absolute atomic E-state index is 0.157. The number of hydrogen-bond donors (Lipinski definition) is 0. The molecule has 2 nitrogen and oxygen atoms in total. The number of rotatable bonds is 8. The highest BCUT2D eigenvalue weighted by Gasteiger charge is 2.11. The van der Waals surface area contributed by atoms with Gasteiger partial charge in [0.1, 0.15) is 0 Å². The molecule has 0 fully saturated rings. The van der Waals surface area contributed by atoms with Gasteiger partial charge < -0.3 is 0 Å². The Morgan fingerprint density at radius 3 is 2.50 bits per heavy atom. The van der Waals surface area contributed by atoms with E-state index in [9.17, 15) is 8.42 Å². The van der Waals surface area contributed by atoms with E-state index in [1.165, 1.54) is 0 Å². The topological polar surface area (TPSA) is 34.1 Å². The smallest absolute Gasteiger partial charge is 0.154 e. The first-order valence-electron chi connectivity index (χ1n) is 6.35. The van der Waals surface area contributed by atoms with E-state index >= 15 is 0 Å². The van der Waals surface area contributed by atoms with Crippen molar-refractivity contribution < 1.29 is 8.42 Å². The molecule has 1 rings (SSSR count). The summed E-state index contributed by atoms with van der Waals surface area (Å²) in [5.41, 5.74) is 1.99. The monoisotopic (exact) mass is 288 g/mol. The highest BCUT2D eigenvalue weighted by atomic mass is 35.5. The van der Waals surface area contributed by atoms with E-state index in [-0.39, 0.29) is 11.5 Å². The van der Waals surface area contributed by atoms with Crippen molar-refractivity contribution >= 4 is 21.4 Å². The average Bonchev–Trinajstić information content (AvgIpc) is 2.28. The number of sulfone groups is 1. The maximum absolute atomic E-state index is 11.9. The van der Waals surface area contributed by atoms with Crippen LogP contribution in [0.15, 0.2) is 24.3 Å². The van der Waals surface area contributed by atoms with Crippen LogP contribution in [0.3, 0.4) is 0 Å². The van der Waals surface area contributed by atoms with Gasteiger partial charge >= 0.3 is 0 Å². The highest BCUT2D eigenvalue weighted by molar-refractivity contribution is 7.90. The van der Waals surface area contributed by atoms with Gasteiger partial charge in [0, 0.05) is 5.88 Å². The van der Waals surface area contributed by atoms with Crippen molar-refractivity contribution in [1.82, 2.24) is 0 Å². The minimum Gasteiger partial charge on any atom is -0.228 e. The van der Waals surface area contributed by atoms with Gasteiger partial charge in [-0.1, -0.05) is 42.7 Å². The normalized spacial score (nSPS) is 11.7. The summed E-state index contributed by atoms with van der Waals surface area (Å²) in [6.45, 7) is 1.97. The maximum atomic E-state index is 11.9. The zero-order valence-electron chi connectivity index (χ0n) is 10.9. The van der Waals surface area contributed by atoms with Crippen LogP contribution in [0.25, 0.3) is 0 Å². The number of benzene rings is 1. The van der Waals surface area contributed by atoms with Crippen molar-refractivity contribution in [2.45, 2.75) is 38.4 Å². The molecule has 0 atom stereocenters. The summed E-state index contributed by atoms with van der Waals surface area (Å²) in [7, 11) is -2.97. The lowest BCUT2D eigenvalue weighted by atomic mass is 10.2. The van der Waals surface area contributed by atoms with Crippen LogP contribution < -0.4 is 0 Å². The Kier molecular flexibility index (Phi) is 6.72. The molecule has 0 amide bonds. The van der Waals surface area contributed by atoms with E-state index < -0.39 is 9.84 Å². The summed E-state index contributed by atoms with van der Waals surface area (Å²) in [5, 5.41) is 0. The summed E-state index contributed by atoms with van der Waals surface area (Å²) >= 11 is 5.57. The number of halogens is 1. The molecule has 0 aliphatic heterocycles. The summed E-state index contributed by atoms with van der Waals surface area (Å²) in [6, 6.07) is 7.69. The molecule has 0 unspecified atom stereocenters. The molecule has 102 valence electrons. The summed E-state index contributed by atoms with van der Waals surface area (Å²) in [6.07, 6.45) is 3.67. The van der Waals surface area contributed by atoms with Crippen LogP contribution in [0.2, 0.25) is 0 Å². The van der Waals surface area contributed by atoms with Crippen LogP contribution in [0.5, 0.6) is 0 Å². The summed E-state index contributed by atoms with van der Waals surface area (Å²) in [4.78, 5) is 0. The van der Waals surface area contributed by atoms with Gasteiger partial charge in [-0.3, -0.25) is 0 Å². The van der Waals surface area contributed by atoms with E-state index in [0.717, 1.165) is 36.8 Å². The predicted octanol–water partition coefficient (Wildman–Crippen LogP) is 3.71. The van der Waals surface area contributed by atoms with E-state index in [1.54, 1.807) is 0 Å². The summed E-state index contributed by atoms with van der Waals surface area (Å²) in [5.74, 6) is 1.10. The van der Waals surface area contributed by atoms with Gasteiger partial charge in [0.15, 0.2) is 9.84 Å². The second-order valence-electron chi connectivity index (χ2n) is 4.68. The standard InChI is InChI=1S/C14H21ClO2S/c1-13-7-6-8-14(11-13)12-18(16,17)10-5-3-2-4-9-15/h6-8,11H,2-5,9-10,12H2,1H3. The van der Waals surface area contributed by atoms with E-state index in [0.29, 0.717) is 5.88 Å². The third-order valence-electron chi connectivity index (χ3n) is 2.81. The Labute approximate surface area is 115 Å². The molecule has 0 aliphatic carbocycles. The maximum Gasteiger partial charge on any atom is 0.154 e. The fourth-order valence-corrected chi connectivity index (χ4v) is 3.56. The Hall–Kier alpha value is -0.540. The molecule has 0 aromatic heterocycles. The van der Waals surface area contributed by atoms with Crippen LogP contribution in [-0.2, 0) is 15.6 Å². The van der Waals surface area contributed by atoms with E-state index in [1.807, 2.05) is 31.2 Å². The van der Waals surface area contributed by atoms with Gasteiger partial charge in [-0.15, -0.1) is 11.6 Å². The van der Waals surface area contributed by atoms with Crippen molar-refractivity contribution in [3.8, 4) is 0 Å². The van der Waals surface area contributed by atoms with Gasteiger partial charge in [0.25, 0.3) is 0 Å². The predicted molar refractivity (Wildman–Crippen MR) is 77.9 cm³/mol.